The van der Waals surface area contributed by atoms with Gasteiger partial charge >= 0.3 is 0 Å². The van der Waals surface area contributed by atoms with Crippen molar-refractivity contribution >= 4 is 0 Å². The van der Waals surface area contributed by atoms with Crippen LogP contribution in [-0.4, -0.2) is 33.8 Å². The van der Waals surface area contributed by atoms with Crippen LogP contribution in [0.3, 0.4) is 0 Å². The quantitative estimate of drug-likeness (QED) is 0.689. The molecule has 0 unspecified atom stereocenters. The Morgan fingerprint density at radius 2 is 1.89 bits per heavy atom. The van der Waals surface area contributed by atoms with Crippen molar-refractivity contribution < 1.29 is 4.74 Å². The molecule has 3 heteroatoms. The van der Waals surface area contributed by atoms with Crippen molar-refractivity contribution in [2.45, 2.75) is 19.3 Å². The number of benzene rings is 1. The van der Waals surface area contributed by atoms with Crippen LogP contribution in [0.1, 0.15) is 18.4 Å². The van der Waals surface area contributed by atoms with E-state index in [1.54, 1.807) is 7.11 Å². The van der Waals surface area contributed by atoms with Gasteiger partial charge in [-0.05, 0) is 56.0 Å². The molecule has 2 N–H and O–H groups in total. The maximum absolute atomic E-state index is 5.15. The van der Waals surface area contributed by atoms with Crippen molar-refractivity contribution in [2.75, 3.05) is 33.8 Å². The summed E-state index contributed by atoms with van der Waals surface area (Å²) in [5.41, 5.74) is 1.91. The van der Waals surface area contributed by atoms with Crippen LogP contribution in [0.5, 0.6) is 5.75 Å². The molecule has 1 aliphatic rings. The van der Waals surface area contributed by atoms with Gasteiger partial charge < -0.3 is 15.4 Å². The molecule has 0 bridgehead atoms. The highest BCUT2D eigenvalue weighted by molar-refractivity contribution is 5.27. The lowest BCUT2D eigenvalue weighted by Crippen LogP contribution is -2.32. The number of methoxy groups -OCH3 is 1. The molecule has 18 heavy (non-hydrogen) atoms. The predicted molar refractivity (Wildman–Crippen MR) is 75.2 cm³/mol. The largest absolute Gasteiger partial charge is 0.497 e. The van der Waals surface area contributed by atoms with Crippen molar-refractivity contribution in [3.05, 3.63) is 29.8 Å². The normalized spacial score (nSPS) is 16.6. The second-order valence-electron chi connectivity index (χ2n) is 5.31. The summed E-state index contributed by atoms with van der Waals surface area (Å²) >= 11 is 0. The third kappa shape index (κ3) is 3.72. The van der Waals surface area contributed by atoms with Crippen LogP contribution in [0.25, 0.3) is 0 Å². The molecule has 0 spiro atoms. The third-order valence-corrected chi connectivity index (χ3v) is 3.76. The molecular formula is C15H24N2O. The standard InChI is InChI=1S/C15H24N2O/c1-16-11-15(8-9-15)12-17-10-7-13-3-5-14(18-2)6-4-13/h3-6,16-17H,7-12H2,1-2H3. The van der Waals surface area contributed by atoms with E-state index in [9.17, 15) is 0 Å². The van der Waals surface area contributed by atoms with Gasteiger partial charge in [-0.2, -0.15) is 0 Å². The second kappa shape index (κ2) is 6.21. The van der Waals surface area contributed by atoms with Crippen molar-refractivity contribution in [3.63, 3.8) is 0 Å². The maximum Gasteiger partial charge on any atom is 0.118 e. The molecule has 1 aromatic rings. The lowest BCUT2D eigenvalue weighted by Gasteiger charge is -2.15. The van der Waals surface area contributed by atoms with E-state index in [1.807, 2.05) is 19.2 Å². The topological polar surface area (TPSA) is 33.3 Å². The highest BCUT2D eigenvalue weighted by Crippen LogP contribution is 2.44. The third-order valence-electron chi connectivity index (χ3n) is 3.76. The van der Waals surface area contributed by atoms with Gasteiger partial charge in [-0.25, -0.2) is 0 Å². The lowest BCUT2D eigenvalue weighted by atomic mass is 10.1. The molecule has 0 saturated heterocycles. The summed E-state index contributed by atoms with van der Waals surface area (Å²) < 4.78 is 5.15. The summed E-state index contributed by atoms with van der Waals surface area (Å²) in [6, 6.07) is 8.33. The fourth-order valence-corrected chi connectivity index (χ4v) is 2.35. The molecule has 2 rings (SSSR count). The minimum atomic E-state index is 0.550. The zero-order valence-corrected chi connectivity index (χ0v) is 11.5. The van der Waals surface area contributed by atoms with Crippen LogP contribution in [0.2, 0.25) is 0 Å². The smallest absolute Gasteiger partial charge is 0.118 e. The number of hydrogen-bond acceptors (Lipinski definition) is 3. The van der Waals surface area contributed by atoms with Crippen LogP contribution in [0.15, 0.2) is 24.3 Å². The van der Waals surface area contributed by atoms with Gasteiger partial charge in [0.25, 0.3) is 0 Å². The monoisotopic (exact) mass is 248 g/mol. The summed E-state index contributed by atoms with van der Waals surface area (Å²) in [7, 11) is 3.74. The minimum Gasteiger partial charge on any atom is -0.497 e. The van der Waals surface area contributed by atoms with Crippen LogP contribution in [-0.2, 0) is 6.42 Å². The first-order valence-electron chi connectivity index (χ1n) is 6.76. The molecule has 1 aliphatic carbocycles. The van der Waals surface area contributed by atoms with E-state index in [0.29, 0.717) is 5.41 Å². The van der Waals surface area contributed by atoms with Gasteiger partial charge in [-0.3, -0.25) is 0 Å². The Bertz CT molecular complexity index is 357. The Balaban J connectivity index is 1.65. The Morgan fingerprint density at radius 3 is 2.44 bits per heavy atom. The highest BCUT2D eigenvalue weighted by atomic mass is 16.5. The minimum absolute atomic E-state index is 0.550. The highest BCUT2D eigenvalue weighted by Gasteiger charge is 2.41. The number of rotatable bonds is 8. The molecule has 1 fully saturated rings. The summed E-state index contributed by atoms with van der Waals surface area (Å²) in [5.74, 6) is 0.928. The van der Waals surface area contributed by atoms with Gasteiger partial charge in [-0.1, -0.05) is 12.1 Å². The van der Waals surface area contributed by atoms with E-state index < -0.39 is 0 Å². The van der Waals surface area contributed by atoms with Crippen LogP contribution in [0, 0.1) is 5.41 Å². The van der Waals surface area contributed by atoms with Gasteiger partial charge in [0.1, 0.15) is 5.75 Å². The van der Waals surface area contributed by atoms with Crippen molar-refractivity contribution in [2.24, 2.45) is 5.41 Å². The summed E-state index contributed by atoms with van der Waals surface area (Å²) in [5, 5.41) is 6.87. The number of ether oxygens (including phenoxy) is 1. The average molecular weight is 248 g/mol. The summed E-state index contributed by atoms with van der Waals surface area (Å²) in [6.45, 7) is 3.34. The van der Waals surface area contributed by atoms with Crippen molar-refractivity contribution in [1.29, 1.82) is 0 Å². The Labute approximate surface area is 110 Å². The molecule has 0 heterocycles. The molecule has 3 nitrogen and oxygen atoms in total. The van der Waals surface area contributed by atoms with Gasteiger partial charge in [0.15, 0.2) is 0 Å². The Kier molecular flexibility index (Phi) is 4.61. The number of nitrogens with one attached hydrogen (secondary N) is 2. The van der Waals surface area contributed by atoms with Crippen LogP contribution in [0.4, 0.5) is 0 Å². The summed E-state index contributed by atoms with van der Waals surface area (Å²) in [4.78, 5) is 0. The van der Waals surface area contributed by atoms with Gasteiger partial charge in [0.05, 0.1) is 7.11 Å². The van der Waals surface area contributed by atoms with E-state index in [0.717, 1.165) is 31.8 Å². The lowest BCUT2D eigenvalue weighted by molar-refractivity contribution is 0.414. The number of hydrogen-bond donors (Lipinski definition) is 2. The molecule has 0 amide bonds. The van der Waals surface area contributed by atoms with Gasteiger partial charge in [0, 0.05) is 13.1 Å². The Morgan fingerprint density at radius 1 is 1.17 bits per heavy atom. The molecular weight excluding hydrogens is 224 g/mol. The predicted octanol–water partition coefficient (Wildman–Crippen LogP) is 1.83. The van der Waals surface area contributed by atoms with E-state index in [2.05, 4.69) is 22.8 Å². The first kappa shape index (κ1) is 13.4. The van der Waals surface area contributed by atoms with Crippen molar-refractivity contribution in [1.82, 2.24) is 10.6 Å². The zero-order chi connectivity index (χ0) is 12.8. The first-order valence-corrected chi connectivity index (χ1v) is 6.76. The van der Waals surface area contributed by atoms with Gasteiger partial charge in [0.2, 0.25) is 0 Å². The zero-order valence-electron chi connectivity index (χ0n) is 11.5. The maximum atomic E-state index is 5.15. The Hall–Kier alpha value is -1.06. The molecule has 1 aromatic carbocycles. The summed E-state index contributed by atoms with van der Waals surface area (Å²) in [6.07, 6.45) is 3.81. The van der Waals surface area contributed by atoms with E-state index in [-0.39, 0.29) is 0 Å². The van der Waals surface area contributed by atoms with Crippen molar-refractivity contribution in [3.8, 4) is 5.75 Å². The van der Waals surface area contributed by atoms with Crippen LogP contribution < -0.4 is 15.4 Å². The second-order valence-corrected chi connectivity index (χ2v) is 5.31. The molecule has 0 aromatic heterocycles. The molecule has 0 aliphatic heterocycles. The van der Waals surface area contributed by atoms with E-state index in [1.165, 1.54) is 18.4 Å². The molecule has 1 saturated carbocycles. The van der Waals surface area contributed by atoms with Crippen LogP contribution >= 0.6 is 0 Å². The first-order chi connectivity index (χ1) is 8.78. The van der Waals surface area contributed by atoms with E-state index in [4.69, 9.17) is 4.74 Å². The molecule has 0 atom stereocenters. The van der Waals surface area contributed by atoms with E-state index >= 15 is 0 Å². The average Bonchev–Trinajstić information content (AvgIpc) is 3.16. The molecule has 0 radical (unpaired) electrons. The SMILES string of the molecule is CNCC1(CNCCc2ccc(OC)cc2)CC1. The fraction of sp³-hybridized carbons (Fsp3) is 0.600. The van der Waals surface area contributed by atoms with Gasteiger partial charge in [-0.15, -0.1) is 0 Å². The fourth-order valence-electron chi connectivity index (χ4n) is 2.35. The molecule has 100 valence electrons.